The number of para-hydroxylation sites is 1. The molecule has 9 nitrogen and oxygen atoms in total. The molecule has 11 heteroatoms. The van der Waals surface area contributed by atoms with E-state index in [9.17, 15) is 23.3 Å². The summed E-state index contributed by atoms with van der Waals surface area (Å²) in [4.78, 5) is 22.2. The molecule has 1 saturated heterocycles. The first-order chi connectivity index (χ1) is 14.8. The van der Waals surface area contributed by atoms with Gasteiger partial charge in [-0.3, -0.25) is 14.9 Å². The molecule has 0 N–H and O–H groups in total. The highest BCUT2D eigenvalue weighted by Crippen LogP contribution is 2.31. The van der Waals surface area contributed by atoms with Gasteiger partial charge in [-0.2, -0.15) is 4.31 Å². The summed E-state index contributed by atoms with van der Waals surface area (Å²) in [5.41, 5.74) is -0.362. The van der Waals surface area contributed by atoms with Crippen molar-refractivity contribution in [1.29, 1.82) is 0 Å². The van der Waals surface area contributed by atoms with Crippen molar-refractivity contribution in [3.8, 4) is 5.75 Å². The molecule has 3 rings (SSSR count). The molecule has 166 valence electrons. The zero-order chi connectivity index (χ0) is 22.4. The third-order valence-corrected chi connectivity index (χ3v) is 7.25. The van der Waals surface area contributed by atoms with Crippen LogP contribution in [0.1, 0.15) is 12.8 Å². The van der Waals surface area contributed by atoms with Gasteiger partial charge in [0.25, 0.3) is 5.69 Å². The zero-order valence-corrected chi connectivity index (χ0v) is 18.0. The zero-order valence-electron chi connectivity index (χ0n) is 16.5. The van der Waals surface area contributed by atoms with Crippen LogP contribution in [-0.2, 0) is 19.6 Å². The first-order valence-corrected chi connectivity index (χ1v) is 11.4. The Morgan fingerprint density at radius 2 is 1.81 bits per heavy atom. The fourth-order valence-electron chi connectivity index (χ4n) is 3.21. The van der Waals surface area contributed by atoms with Crippen molar-refractivity contribution in [1.82, 2.24) is 4.31 Å². The van der Waals surface area contributed by atoms with Crippen LogP contribution in [0, 0.1) is 16.0 Å². The second-order valence-electron chi connectivity index (χ2n) is 6.88. The van der Waals surface area contributed by atoms with E-state index in [1.807, 2.05) is 18.2 Å². The first kappa shape index (κ1) is 23.0. The number of rotatable bonds is 8. The van der Waals surface area contributed by atoms with Gasteiger partial charge in [-0.25, -0.2) is 8.42 Å². The lowest BCUT2D eigenvalue weighted by molar-refractivity contribution is -0.385. The Bertz CT molecular complexity index is 1040. The summed E-state index contributed by atoms with van der Waals surface area (Å²) in [7, 11) is -4.02. The molecule has 1 fully saturated rings. The number of nitrogens with zero attached hydrogens (tertiary/aromatic N) is 2. The normalized spacial score (nSPS) is 15.4. The number of hydrogen-bond acceptors (Lipinski definition) is 7. The molecule has 0 spiro atoms. The second kappa shape index (κ2) is 10.1. The minimum absolute atomic E-state index is 0.0850. The van der Waals surface area contributed by atoms with Gasteiger partial charge in [0, 0.05) is 25.2 Å². The van der Waals surface area contributed by atoms with E-state index in [1.54, 1.807) is 12.1 Å². The lowest BCUT2D eigenvalue weighted by atomic mass is 9.98. The van der Waals surface area contributed by atoms with Crippen LogP contribution in [0.25, 0.3) is 0 Å². The molecule has 1 aliphatic heterocycles. The highest BCUT2D eigenvalue weighted by atomic mass is 35.5. The van der Waals surface area contributed by atoms with Gasteiger partial charge in [-0.1, -0.05) is 29.8 Å². The molecule has 0 amide bonds. The van der Waals surface area contributed by atoms with Crippen LogP contribution in [0.5, 0.6) is 5.75 Å². The SMILES string of the molecule is O=C(OCCOc1ccccc1)C1CCN(S(=O)(=O)c2cc([N+](=O)[O-])ccc2Cl)CC1. The van der Waals surface area contributed by atoms with E-state index < -0.39 is 26.8 Å². The van der Waals surface area contributed by atoms with Crippen molar-refractivity contribution in [2.24, 2.45) is 5.92 Å². The molecule has 0 bridgehead atoms. The van der Waals surface area contributed by atoms with E-state index in [-0.39, 0.29) is 54.8 Å². The summed E-state index contributed by atoms with van der Waals surface area (Å²) in [5.74, 6) is -0.150. The van der Waals surface area contributed by atoms with Crippen LogP contribution < -0.4 is 4.74 Å². The molecule has 0 radical (unpaired) electrons. The van der Waals surface area contributed by atoms with E-state index in [4.69, 9.17) is 21.1 Å². The third-order valence-electron chi connectivity index (χ3n) is 4.87. The van der Waals surface area contributed by atoms with Gasteiger partial charge in [0.15, 0.2) is 0 Å². The summed E-state index contributed by atoms with van der Waals surface area (Å²) in [6.45, 7) is 0.479. The quantitative estimate of drug-likeness (QED) is 0.252. The van der Waals surface area contributed by atoms with Gasteiger partial charge >= 0.3 is 5.97 Å². The van der Waals surface area contributed by atoms with Crippen LogP contribution in [0.15, 0.2) is 53.4 Å². The molecular weight excluding hydrogens is 448 g/mol. The number of benzene rings is 2. The Morgan fingerprint density at radius 3 is 2.45 bits per heavy atom. The van der Waals surface area contributed by atoms with Crippen LogP contribution in [0.2, 0.25) is 5.02 Å². The molecule has 1 aliphatic rings. The molecule has 0 atom stereocenters. The lowest BCUT2D eigenvalue weighted by Gasteiger charge is -2.30. The van der Waals surface area contributed by atoms with Crippen molar-refractivity contribution >= 4 is 33.3 Å². The molecule has 1 heterocycles. The molecule has 0 saturated carbocycles. The maximum Gasteiger partial charge on any atom is 0.309 e. The van der Waals surface area contributed by atoms with Crippen molar-refractivity contribution in [3.05, 3.63) is 63.7 Å². The highest BCUT2D eigenvalue weighted by Gasteiger charge is 2.34. The first-order valence-electron chi connectivity index (χ1n) is 9.57. The minimum atomic E-state index is -4.02. The number of esters is 1. The van der Waals surface area contributed by atoms with Crippen LogP contribution in [0.4, 0.5) is 5.69 Å². The van der Waals surface area contributed by atoms with E-state index in [2.05, 4.69) is 0 Å². The van der Waals surface area contributed by atoms with E-state index >= 15 is 0 Å². The van der Waals surface area contributed by atoms with Gasteiger partial charge < -0.3 is 9.47 Å². The minimum Gasteiger partial charge on any atom is -0.490 e. The fourth-order valence-corrected chi connectivity index (χ4v) is 5.17. The standard InChI is InChI=1S/C20H21ClN2O7S/c21-18-7-6-16(23(25)26)14-19(18)31(27,28)22-10-8-15(9-11-22)20(24)30-13-12-29-17-4-2-1-3-5-17/h1-7,14-15H,8-13H2. The number of sulfonamides is 1. The summed E-state index contributed by atoms with van der Waals surface area (Å²) < 4.78 is 37.7. The maximum atomic E-state index is 12.9. The van der Waals surface area contributed by atoms with Crippen molar-refractivity contribution in [3.63, 3.8) is 0 Å². The molecule has 2 aromatic rings. The fraction of sp³-hybridized carbons (Fsp3) is 0.350. The topological polar surface area (TPSA) is 116 Å². The van der Waals surface area contributed by atoms with Gasteiger partial charge in [0.1, 0.15) is 23.9 Å². The Kier molecular flexibility index (Phi) is 7.47. The smallest absolute Gasteiger partial charge is 0.309 e. The van der Waals surface area contributed by atoms with Crippen LogP contribution in [-0.4, -0.2) is 49.9 Å². The summed E-state index contributed by atoms with van der Waals surface area (Å²) in [5, 5.41) is 10.9. The summed E-state index contributed by atoms with van der Waals surface area (Å²) in [6, 6.07) is 12.4. The number of carbonyl (C=O) groups is 1. The number of ether oxygens (including phenoxy) is 2. The Labute approximate surface area is 184 Å². The highest BCUT2D eigenvalue weighted by molar-refractivity contribution is 7.89. The van der Waals surface area contributed by atoms with Gasteiger partial charge in [-0.15, -0.1) is 0 Å². The Morgan fingerprint density at radius 1 is 1.13 bits per heavy atom. The molecule has 31 heavy (non-hydrogen) atoms. The predicted molar refractivity (Wildman–Crippen MR) is 112 cm³/mol. The number of carbonyl (C=O) groups excluding carboxylic acids is 1. The summed E-state index contributed by atoms with van der Waals surface area (Å²) >= 11 is 5.98. The number of piperidine rings is 1. The molecule has 0 aromatic heterocycles. The molecule has 0 aliphatic carbocycles. The van der Waals surface area contributed by atoms with Crippen molar-refractivity contribution in [2.75, 3.05) is 26.3 Å². The van der Waals surface area contributed by atoms with Gasteiger partial charge in [-0.05, 0) is 31.0 Å². The van der Waals surface area contributed by atoms with E-state index in [0.717, 1.165) is 12.1 Å². The van der Waals surface area contributed by atoms with Crippen molar-refractivity contribution < 1.29 is 27.6 Å². The number of nitro benzene ring substituents is 1. The van der Waals surface area contributed by atoms with Crippen LogP contribution in [0.3, 0.4) is 0 Å². The Balaban J connectivity index is 1.52. The van der Waals surface area contributed by atoms with E-state index in [0.29, 0.717) is 5.75 Å². The molecule has 2 aromatic carbocycles. The van der Waals surface area contributed by atoms with E-state index in [1.165, 1.54) is 10.4 Å². The Hall–Kier alpha value is -2.69. The predicted octanol–water partition coefficient (Wildman–Crippen LogP) is 3.27. The third kappa shape index (κ3) is 5.72. The number of non-ortho nitro benzene ring substituents is 1. The van der Waals surface area contributed by atoms with Gasteiger partial charge in [0.2, 0.25) is 10.0 Å². The second-order valence-corrected chi connectivity index (χ2v) is 9.19. The maximum absolute atomic E-state index is 12.9. The van der Waals surface area contributed by atoms with Gasteiger partial charge in [0.05, 0.1) is 15.9 Å². The molecular formula is C20H21ClN2O7S. The van der Waals surface area contributed by atoms with Crippen LogP contribution >= 0.6 is 11.6 Å². The summed E-state index contributed by atoms with van der Waals surface area (Å²) in [6.07, 6.45) is 0.564. The lowest BCUT2D eigenvalue weighted by Crippen LogP contribution is -2.40. The number of hydrogen-bond donors (Lipinski definition) is 0. The number of nitro groups is 1. The monoisotopic (exact) mass is 468 g/mol. The average molecular weight is 469 g/mol. The number of halogens is 1. The average Bonchev–Trinajstić information content (AvgIpc) is 2.77. The molecule has 0 unspecified atom stereocenters. The van der Waals surface area contributed by atoms with Crippen molar-refractivity contribution in [2.45, 2.75) is 17.7 Å². The largest absolute Gasteiger partial charge is 0.490 e.